The fraction of sp³-hybridized carbons (Fsp3) is 0.200. The molecule has 3 rings (SSSR count). The minimum Gasteiger partial charge on any atom is -0.497 e. The quantitative estimate of drug-likeness (QED) is 0.165. The minimum atomic E-state index is -1.30. The standard InChI is InChI=1S/C25H27FN6O4/c1-3-12-36-20-14-18(35-2)13-19(21(20)26)22(30-17-6-4-15(5-7-17)23(27)28)25(34)32-31-24(33)16-8-10-29-11-9-16/h4-11,13-14,22,30H,3,12H2,1-2H3,(H3,27,28)(H,31,33)(H,32,34). The van der Waals surface area contributed by atoms with E-state index < -0.39 is 23.7 Å². The van der Waals surface area contributed by atoms with Crippen LogP contribution in [0, 0.1) is 11.2 Å². The maximum atomic E-state index is 15.5. The highest BCUT2D eigenvalue weighted by Gasteiger charge is 2.28. The van der Waals surface area contributed by atoms with E-state index in [0.717, 1.165) is 0 Å². The Kier molecular flexibility index (Phi) is 8.76. The number of carbonyl (C=O) groups is 2. The predicted molar refractivity (Wildman–Crippen MR) is 132 cm³/mol. The Balaban J connectivity index is 1.94. The van der Waals surface area contributed by atoms with Gasteiger partial charge >= 0.3 is 0 Å². The lowest BCUT2D eigenvalue weighted by Gasteiger charge is -2.22. The molecule has 0 spiro atoms. The smallest absolute Gasteiger partial charge is 0.269 e. The molecule has 6 N–H and O–H groups in total. The number of nitrogens with two attached hydrogens (primary N) is 1. The van der Waals surface area contributed by atoms with E-state index in [0.29, 0.717) is 17.7 Å². The van der Waals surface area contributed by atoms with Crippen molar-refractivity contribution in [3.63, 3.8) is 0 Å². The summed E-state index contributed by atoms with van der Waals surface area (Å²) in [4.78, 5) is 29.5. The summed E-state index contributed by atoms with van der Waals surface area (Å²) < 4.78 is 26.3. The Morgan fingerprint density at radius 1 is 1.08 bits per heavy atom. The molecule has 0 aliphatic carbocycles. The van der Waals surface area contributed by atoms with Gasteiger partial charge in [0.15, 0.2) is 11.6 Å². The first-order valence-electron chi connectivity index (χ1n) is 11.1. The van der Waals surface area contributed by atoms with E-state index in [-0.39, 0.29) is 35.1 Å². The first kappa shape index (κ1) is 25.9. The van der Waals surface area contributed by atoms with Gasteiger partial charge < -0.3 is 20.5 Å². The Hall–Kier alpha value is -4.67. The molecule has 36 heavy (non-hydrogen) atoms. The second-order valence-corrected chi connectivity index (χ2v) is 7.62. The van der Waals surface area contributed by atoms with Crippen LogP contribution in [0.25, 0.3) is 0 Å². The van der Waals surface area contributed by atoms with Crippen molar-refractivity contribution >= 4 is 23.3 Å². The summed E-state index contributed by atoms with van der Waals surface area (Å²) in [5.41, 5.74) is 11.3. The number of aromatic nitrogens is 1. The number of halogens is 1. The van der Waals surface area contributed by atoms with Crippen LogP contribution in [0.2, 0.25) is 0 Å². The van der Waals surface area contributed by atoms with Crippen molar-refractivity contribution in [2.45, 2.75) is 19.4 Å². The van der Waals surface area contributed by atoms with Crippen LogP contribution in [0.15, 0.2) is 60.9 Å². The fourth-order valence-corrected chi connectivity index (χ4v) is 3.20. The number of anilines is 1. The summed E-state index contributed by atoms with van der Waals surface area (Å²) in [5.74, 6) is -1.98. The summed E-state index contributed by atoms with van der Waals surface area (Å²) in [6, 6.07) is 10.8. The van der Waals surface area contributed by atoms with Crippen molar-refractivity contribution in [1.82, 2.24) is 15.8 Å². The van der Waals surface area contributed by atoms with Gasteiger partial charge in [-0.15, -0.1) is 0 Å². The van der Waals surface area contributed by atoms with Gasteiger partial charge in [-0.2, -0.15) is 0 Å². The third-order valence-electron chi connectivity index (χ3n) is 5.06. The van der Waals surface area contributed by atoms with Gasteiger partial charge in [0.25, 0.3) is 11.8 Å². The number of rotatable bonds is 10. The van der Waals surface area contributed by atoms with E-state index in [1.54, 1.807) is 24.3 Å². The van der Waals surface area contributed by atoms with E-state index in [4.69, 9.17) is 20.6 Å². The SMILES string of the molecule is CCCOc1cc(OC)cc(C(Nc2ccc(C(=N)N)cc2)C(=O)NNC(=O)c2ccncc2)c1F. The van der Waals surface area contributed by atoms with Crippen molar-refractivity contribution < 1.29 is 23.5 Å². The maximum Gasteiger partial charge on any atom is 0.269 e. The zero-order chi connectivity index (χ0) is 26.1. The molecule has 1 aromatic heterocycles. The molecule has 0 aliphatic rings. The highest BCUT2D eigenvalue weighted by Crippen LogP contribution is 2.33. The lowest BCUT2D eigenvalue weighted by atomic mass is 10.0. The molecule has 0 aliphatic heterocycles. The van der Waals surface area contributed by atoms with Crippen LogP contribution in [-0.4, -0.2) is 36.4 Å². The first-order valence-corrected chi connectivity index (χ1v) is 11.1. The molecule has 2 amide bonds. The molecule has 1 atom stereocenters. The summed E-state index contributed by atoms with van der Waals surface area (Å²) >= 11 is 0. The molecule has 0 saturated heterocycles. The molecule has 0 bridgehead atoms. The molecular weight excluding hydrogens is 467 g/mol. The van der Waals surface area contributed by atoms with Gasteiger partial charge in [0, 0.05) is 40.8 Å². The Bertz CT molecular complexity index is 1220. The number of methoxy groups -OCH3 is 1. The number of pyridine rings is 1. The Morgan fingerprint density at radius 2 is 1.78 bits per heavy atom. The number of nitrogen functional groups attached to an aromatic ring is 1. The summed E-state index contributed by atoms with van der Waals surface area (Å²) in [6.07, 6.45) is 3.53. The monoisotopic (exact) mass is 494 g/mol. The summed E-state index contributed by atoms with van der Waals surface area (Å²) in [7, 11) is 1.42. The average molecular weight is 495 g/mol. The normalized spacial score (nSPS) is 11.2. The number of hydrogen-bond acceptors (Lipinski definition) is 7. The van der Waals surface area contributed by atoms with Gasteiger partial charge in [0.1, 0.15) is 17.6 Å². The summed E-state index contributed by atoms with van der Waals surface area (Å²) in [6.45, 7) is 2.15. The molecule has 188 valence electrons. The first-order chi connectivity index (χ1) is 17.3. The number of nitrogens with one attached hydrogen (secondary N) is 4. The van der Waals surface area contributed by atoms with E-state index in [1.807, 2.05) is 6.92 Å². The van der Waals surface area contributed by atoms with Crippen molar-refractivity contribution in [2.24, 2.45) is 5.73 Å². The van der Waals surface area contributed by atoms with Crippen LogP contribution in [0.1, 0.15) is 40.9 Å². The molecule has 0 radical (unpaired) electrons. The average Bonchev–Trinajstić information content (AvgIpc) is 2.90. The minimum absolute atomic E-state index is 0.0632. The lowest BCUT2D eigenvalue weighted by Crippen LogP contribution is -2.45. The van der Waals surface area contributed by atoms with Crippen LogP contribution in [0.3, 0.4) is 0 Å². The van der Waals surface area contributed by atoms with Crippen LogP contribution in [-0.2, 0) is 4.79 Å². The zero-order valence-electron chi connectivity index (χ0n) is 19.8. The number of carbonyl (C=O) groups excluding carboxylic acids is 2. The number of ether oxygens (including phenoxy) is 2. The Morgan fingerprint density at radius 3 is 2.39 bits per heavy atom. The second-order valence-electron chi connectivity index (χ2n) is 7.62. The fourth-order valence-electron chi connectivity index (χ4n) is 3.20. The molecule has 1 heterocycles. The molecular formula is C25H27FN6O4. The zero-order valence-corrected chi connectivity index (χ0v) is 19.8. The lowest BCUT2D eigenvalue weighted by molar-refractivity contribution is -0.122. The van der Waals surface area contributed by atoms with Crippen LogP contribution >= 0.6 is 0 Å². The molecule has 10 nitrogen and oxygen atoms in total. The highest BCUT2D eigenvalue weighted by molar-refractivity contribution is 5.97. The number of amides is 2. The van der Waals surface area contributed by atoms with Gasteiger partial charge in [-0.05, 0) is 48.9 Å². The number of hydrogen-bond donors (Lipinski definition) is 5. The Labute approximate surface area is 207 Å². The van der Waals surface area contributed by atoms with Gasteiger partial charge in [-0.1, -0.05) is 6.92 Å². The number of benzene rings is 2. The largest absolute Gasteiger partial charge is 0.497 e. The van der Waals surface area contributed by atoms with Gasteiger partial charge in [0.05, 0.1) is 13.7 Å². The van der Waals surface area contributed by atoms with Crippen molar-refractivity contribution in [2.75, 3.05) is 19.0 Å². The topological polar surface area (TPSA) is 151 Å². The molecule has 2 aromatic carbocycles. The van der Waals surface area contributed by atoms with Gasteiger partial charge in [-0.3, -0.25) is 30.8 Å². The second kappa shape index (κ2) is 12.2. The molecule has 11 heteroatoms. The third kappa shape index (κ3) is 6.47. The number of amidine groups is 1. The van der Waals surface area contributed by atoms with E-state index in [9.17, 15) is 9.59 Å². The summed E-state index contributed by atoms with van der Waals surface area (Å²) in [5, 5.41) is 10.5. The highest BCUT2D eigenvalue weighted by atomic mass is 19.1. The molecule has 0 saturated carbocycles. The molecule has 0 fully saturated rings. The predicted octanol–water partition coefficient (Wildman–Crippen LogP) is 2.92. The van der Waals surface area contributed by atoms with Crippen LogP contribution in [0.4, 0.5) is 10.1 Å². The van der Waals surface area contributed by atoms with E-state index in [2.05, 4.69) is 21.2 Å². The molecule has 3 aromatic rings. The molecule has 1 unspecified atom stereocenters. The van der Waals surface area contributed by atoms with Crippen LogP contribution < -0.4 is 31.4 Å². The maximum absolute atomic E-state index is 15.5. The van der Waals surface area contributed by atoms with Crippen LogP contribution in [0.5, 0.6) is 11.5 Å². The van der Waals surface area contributed by atoms with Crippen molar-refractivity contribution in [3.05, 3.63) is 83.4 Å². The number of hydrazine groups is 1. The van der Waals surface area contributed by atoms with E-state index >= 15 is 4.39 Å². The third-order valence-corrected chi connectivity index (χ3v) is 5.06. The van der Waals surface area contributed by atoms with Gasteiger partial charge in [-0.25, -0.2) is 4.39 Å². The number of nitrogens with zero attached hydrogens (tertiary/aromatic N) is 1. The van der Waals surface area contributed by atoms with E-state index in [1.165, 1.54) is 43.8 Å². The van der Waals surface area contributed by atoms with Crippen molar-refractivity contribution in [3.8, 4) is 11.5 Å². The van der Waals surface area contributed by atoms with Crippen molar-refractivity contribution in [1.29, 1.82) is 5.41 Å². The van der Waals surface area contributed by atoms with Gasteiger partial charge in [0.2, 0.25) is 0 Å².